The molecule has 0 aliphatic carbocycles. The minimum Gasteiger partial charge on any atom is -0.395 e. The van der Waals surface area contributed by atoms with E-state index < -0.39 is 16.7 Å². The summed E-state index contributed by atoms with van der Waals surface area (Å²) in [5.41, 5.74) is 2.08. The van der Waals surface area contributed by atoms with Gasteiger partial charge < -0.3 is 14.6 Å². The lowest BCUT2D eigenvalue weighted by Crippen LogP contribution is -2.27. The molecule has 2 aromatic carbocycles. The van der Waals surface area contributed by atoms with E-state index in [2.05, 4.69) is 5.32 Å². The maximum Gasteiger partial charge on any atom is 0.433 e. The highest BCUT2D eigenvalue weighted by molar-refractivity contribution is 6.02. The lowest BCUT2D eigenvalue weighted by Gasteiger charge is -2.17. The van der Waals surface area contributed by atoms with Crippen LogP contribution in [0.4, 0.5) is 17.3 Å². The third-order valence-electron chi connectivity index (χ3n) is 4.08. The summed E-state index contributed by atoms with van der Waals surface area (Å²) in [4.78, 5) is 36.0. The number of nitrogens with zero attached hydrogens (tertiary/aromatic N) is 2. The molecule has 0 saturated heterocycles. The molecule has 0 spiro atoms. The molecule has 0 unspecified atom stereocenters. The Labute approximate surface area is 160 Å². The van der Waals surface area contributed by atoms with Crippen molar-refractivity contribution in [3.63, 3.8) is 0 Å². The lowest BCUT2D eigenvalue weighted by molar-refractivity contribution is -0.402. The molecule has 0 saturated carbocycles. The Morgan fingerprint density at radius 1 is 1.04 bits per heavy atom. The van der Waals surface area contributed by atoms with Gasteiger partial charge in [0.25, 0.3) is 5.91 Å². The van der Waals surface area contributed by atoms with Crippen molar-refractivity contribution >= 4 is 29.1 Å². The van der Waals surface area contributed by atoms with Gasteiger partial charge in [0.1, 0.15) is 4.92 Å². The minimum atomic E-state index is -0.713. The number of benzene rings is 2. The van der Waals surface area contributed by atoms with Crippen LogP contribution >= 0.6 is 0 Å². The molecule has 1 heterocycles. The zero-order valence-corrected chi connectivity index (χ0v) is 15.0. The standard InChI is InChI=1S/C20H17N3O5/c1-22(16-5-3-2-4-6-16)18(24)13-14-7-9-15(10-8-14)21-20(25)17-11-12-19(28-17)23(26)27/h2-12H,13H2,1H3,(H,21,25). The highest BCUT2D eigenvalue weighted by Gasteiger charge is 2.17. The fourth-order valence-corrected chi connectivity index (χ4v) is 2.54. The number of furan rings is 1. The van der Waals surface area contributed by atoms with Gasteiger partial charge >= 0.3 is 5.88 Å². The van der Waals surface area contributed by atoms with Crippen LogP contribution in [-0.2, 0) is 11.2 Å². The zero-order chi connectivity index (χ0) is 20.1. The van der Waals surface area contributed by atoms with Gasteiger partial charge in [0, 0.05) is 18.4 Å². The van der Waals surface area contributed by atoms with Gasteiger partial charge in [-0.15, -0.1) is 0 Å². The second kappa shape index (κ2) is 8.17. The number of hydrogen-bond donors (Lipinski definition) is 1. The van der Waals surface area contributed by atoms with Crippen molar-refractivity contribution in [2.75, 3.05) is 17.3 Å². The number of anilines is 2. The number of carbonyl (C=O) groups is 2. The van der Waals surface area contributed by atoms with Crippen LogP contribution in [0.2, 0.25) is 0 Å². The van der Waals surface area contributed by atoms with E-state index >= 15 is 0 Å². The monoisotopic (exact) mass is 379 g/mol. The van der Waals surface area contributed by atoms with Gasteiger partial charge in [-0.25, -0.2) is 0 Å². The van der Waals surface area contributed by atoms with Gasteiger partial charge in [0.15, 0.2) is 5.76 Å². The van der Waals surface area contributed by atoms with Gasteiger partial charge in [-0.05, 0) is 35.9 Å². The number of hydrogen-bond acceptors (Lipinski definition) is 5. The molecule has 8 nitrogen and oxygen atoms in total. The predicted octanol–water partition coefficient (Wildman–Crippen LogP) is 3.65. The number of carbonyl (C=O) groups excluding carboxylic acids is 2. The predicted molar refractivity (Wildman–Crippen MR) is 103 cm³/mol. The Morgan fingerprint density at radius 3 is 2.32 bits per heavy atom. The molecule has 0 aliphatic rings. The summed E-state index contributed by atoms with van der Waals surface area (Å²) < 4.78 is 4.86. The number of likely N-dealkylation sites (N-methyl/N-ethyl adjacent to an activating group) is 1. The van der Waals surface area contributed by atoms with E-state index in [4.69, 9.17) is 4.42 Å². The molecule has 3 rings (SSSR count). The molecule has 142 valence electrons. The Hall–Kier alpha value is -3.94. The van der Waals surface area contributed by atoms with Crippen LogP contribution in [0, 0.1) is 10.1 Å². The first-order valence-corrected chi connectivity index (χ1v) is 8.40. The van der Waals surface area contributed by atoms with Crippen molar-refractivity contribution in [1.29, 1.82) is 0 Å². The summed E-state index contributed by atoms with van der Waals surface area (Å²) in [6, 6.07) is 18.5. The molecule has 3 aromatic rings. The third-order valence-corrected chi connectivity index (χ3v) is 4.08. The number of nitrogens with one attached hydrogen (secondary N) is 1. The van der Waals surface area contributed by atoms with Crippen molar-refractivity contribution in [3.8, 4) is 0 Å². The fourth-order valence-electron chi connectivity index (χ4n) is 2.54. The van der Waals surface area contributed by atoms with Gasteiger partial charge in [-0.2, -0.15) is 0 Å². The molecule has 1 aromatic heterocycles. The first kappa shape index (κ1) is 18.8. The molecule has 0 bridgehead atoms. The molecule has 1 N–H and O–H groups in total. The van der Waals surface area contributed by atoms with Crippen molar-refractivity contribution < 1.29 is 18.9 Å². The quantitative estimate of drug-likeness (QED) is 0.520. The van der Waals surface area contributed by atoms with E-state index in [1.54, 1.807) is 36.2 Å². The van der Waals surface area contributed by atoms with E-state index in [9.17, 15) is 19.7 Å². The van der Waals surface area contributed by atoms with Gasteiger partial charge in [-0.1, -0.05) is 30.3 Å². The highest BCUT2D eigenvalue weighted by atomic mass is 16.6. The van der Waals surface area contributed by atoms with E-state index in [-0.39, 0.29) is 18.1 Å². The van der Waals surface area contributed by atoms with Crippen LogP contribution < -0.4 is 10.2 Å². The number of nitro groups is 1. The molecular formula is C20H17N3O5. The minimum absolute atomic E-state index is 0.0640. The molecule has 28 heavy (non-hydrogen) atoms. The summed E-state index contributed by atoms with van der Waals surface area (Å²) >= 11 is 0. The third kappa shape index (κ3) is 4.42. The molecule has 0 atom stereocenters. The van der Waals surface area contributed by atoms with Crippen molar-refractivity contribution in [1.82, 2.24) is 0 Å². The molecular weight excluding hydrogens is 362 g/mol. The highest BCUT2D eigenvalue weighted by Crippen LogP contribution is 2.18. The summed E-state index contributed by atoms with van der Waals surface area (Å²) in [5.74, 6) is -1.32. The molecule has 8 heteroatoms. The van der Waals surface area contributed by atoms with Crippen LogP contribution in [-0.4, -0.2) is 23.8 Å². The second-order valence-electron chi connectivity index (χ2n) is 6.01. The largest absolute Gasteiger partial charge is 0.433 e. The van der Waals surface area contributed by atoms with Gasteiger partial charge in [0.2, 0.25) is 5.91 Å². The molecule has 0 aliphatic heterocycles. The van der Waals surface area contributed by atoms with Crippen molar-refractivity contribution in [2.24, 2.45) is 0 Å². The number of para-hydroxylation sites is 1. The first-order valence-electron chi connectivity index (χ1n) is 8.40. The van der Waals surface area contributed by atoms with Gasteiger partial charge in [0.05, 0.1) is 12.5 Å². The van der Waals surface area contributed by atoms with E-state index in [0.29, 0.717) is 5.69 Å². The Morgan fingerprint density at radius 2 is 1.71 bits per heavy atom. The molecule has 0 fully saturated rings. The van der Waals surface area contributed by atoms with Crippen molar-refractivity contribution in [2.45, 2.75) is 6.42 Å². The summed E-state index contributed by atoms with van der Waals surface area (Å²) in [7, 11) is 1.72. The van der Waals surface area contributed by atoms with E-state index in [0.717, 1.165) is 17.3 Å². The maximum atomic E-state index is 12.4. The average Bonchev–Trinajstić information content (AvgIpc) is 3.20. The summed E-state index contributed by atoms with van der Waals surface area (Å²) in [6.07, 6.45) is 0.212. The van der Waals surface area contributed by atoms with Crippen LogP contribution in [0.25, 0.3) is 0 Å². The SMILES string of the molecule is CN(C(=O)Cc1ccc(NC(=O)c2ccc([N+](=O)[O-])o2)cc1)c1ccccc1. The zero-order valence-electron chi connectivity index (χ0n) is 15.0. The Kier molecular flexibility index (Phi) is 5.50. The molecule has 2 amide bonds. The second-order valence-corrected chi connectivity index (χ2v) is 6.01. The first-order chi connectivity index (χ1) is 13.4. The fraction of sp³-hybridized carbons (Fsp3) is 0.100. The smallest absolute Gasteiger partial charge is 0.395 e. The van der Waals surface area contributed by atoms with E-state index in [1.807, 2.05) is 30.3 Å². The van der Waals surface area contributed by atoms with Gasteiger partial charge in [-0.3, -0.25) is 19.7 Å². The van der Waals surface area contributed by atoms with E-state index in [1.165, 1.54) is 6.07 Å². The normalized spacial score (nSPS) is 10.3. The van der Waals surface area contributed by atoms with Crippen LogP contribution in [0.5, 0.6) is 0 Å². The van der Waals surface area contributed by atoms with Crippen molar-refractivity contribution in [3.05, 3.63) is 88.2 Å². The summed E-state index contributed by atoms with van der Waals surface area (Å²) in [5, 5.41) is 13.2. The lowest BCUT2D eigenvalue weighted by atomic mass is 10.1. The van der Waals surface area contributed by atoms with Crippen LogP contribution in [0.3, 0.4) is 0 Å². The van der Waals surface area contributed by atoms with Crippen LogP contribution in [0.1, 0.15) is 16.1 Å². The summed E-state index contributed by atoms with van der Waals surface area (Å²) in [6.45, 7) is 0. The Balaban J connectivity index is 1.60. The number of rotatable bonds is 6. The van der Waals surface area contributed by atoms with Crippen LogP contribution in [0.15, 0.2) is 71.1 Å². The molecule has 0 radical (unpaired) electrons. The topological polar surface area (TPSA) is 106 Å². The average molecular weight is 379 g/mol. The number of amides is 2. The Bertz CT molecular complexity index is 996. The maximum absolute atomic E-state index is 12.4.